The monoisotopic (exact) mass is 333 g/mol. The molecule has 7 heteroatoms. The molecule has 0 aromatic carbocycles. The molecular formula is C16H19N3O3S. The summed E-state index contributed by atoms with van der Waals surface area (Å²) in [4.78, 5) is 40.1. The number of thiophene rings is 1. The highest BCUT2D eigenvalue weighted by Gasteiger charge is 2.20. The van der Waals surface area contributed by atoms with Crippen molar-refractivity contribution in [2.24, 2.45) is 0 Å². The predicted molar refractivity (Wildman–Crippen MR) is 89.1 cm³/mol. The first-order valence-electron chi connectivity index (χ1n) is 7.81. The molecule has 0 spiro atoms. The Morgan fingerprint density at radius 3 is 2.78 bits per heavy atom. The Bertz CT molecular complexity index is 786. The summed E-state index contributed by atoms with van der Waals surface area (Å²) in [7, 11) is 0. The van der Waals surface area contributed by atoms with Gasteiger partial charge in [0.25, 0.3) is 11.5 Å². The number of hydrogen-bond acceptors (Lipinski definition) is 4. The Kier molecular flexibility index (Phi) is 4.76. The van der Waals surface area contributed by atoms with E-state index < -0.39 is 17.2 Å². The smallest absolute Gasteiger partial charge is 0.328 e. The summed E-state index contributed by atoms with van der Waals surface area (Å²) in [5, 5.41) is 4.79. The van der Waals surface area contributed by atoms with E-state index in [1.807, 2.05) is 17.5 Å². The lowest BCUT2D eigenvalue weighted by atomic mass is 9.95. The molecule has 23 heavy (non-hydrogen) atoms. The van der Waals surface area contributed by atoms with E-state index >= 15 is 0 Å². The van der Waals surface area contributed by atoms with Crippen LogP contribution in [-0.2, 0) is 6.54 Å². The fraction of sp³-hybridized carbons (Fsp3) is 0.438. The minimum atomic E-state index is -0.546. The number of amides is 1. The first-order valence-corrected chi connectivity index (χ1v) is 8.69. The van der Waals surface area contributed by atoms with Gasteiger partial charge in [0.2, 0.25) is 0 Å². The fourth-order valence-corrected chi connectivity index (χ4v) is 3.58. The number of nitrogens with one attached hydrogen (secondary N) is 2. The van der Waals surface area contributed by atoms with Gasteiger partial charge in [-0.25, -0.2) is 4.79 Å². The lowest BCUT2D eigenvalue weighted by Gasteiger charge is -2.22. The zero-order chi connectivity index (χ0) is 16.2. The molecule has 0 saturated heterocycles. The van der Waals surface area contributed by atoms with E-state index in [-0.39, 0.29) is 18.2 Å². The highest BCUT2D eigenvalue weighted by Crippen LogP contribution is 2.17. The van der Waals surface area contributed by atoms with E-state index in [0.717, 1.165) is 35.1 Å². The van der Waals surface area contributed by atoms with Gasteiger partial charge in [0.15, 0.2) is 0 Å². The number of aromatic nitrogens is 2. The molecule has 0 aliphatic heterocycles. The summed E-state index contributed by atoms with van der Waals surface area (Å²) >= 11 is 1.46. The summed E-state index contributed by atoms with van der Waals surface area (Å²) in [6.07, 6.45) is 6.49. The molecule has 2 N–H and O–H groups in total. The number of carbonyl (C=O) groups excluding carboxylic acids is 1. The molecule has 1 aliphatic carbocycles. The van der Waals surface area contributed by atoms with Gasteiger partial charge in [-0.15, -0.1) is 11.3 Å². The Hall–Kier alpha value is -2.15. The van der Waals surface area contributed by atoms with E-state index in [2.05, 4.69) is 10.3 Å². The van der Waals surface area contributed by atoms with Crippen LogP contribution in [0.4, 0.5) is 0 Å². The van der Waals surface area contributed by atoms with Gasteiger partial charge in [0.05, 0.1) is 6.54 Å². The van der Waals surface area contributed by atoms with Crippen LogP contribution in [0, 0.1) is 0 Å². The van der Waals surface area contributed by atoms with Gasteiger partial charge in [-0.2, -0.15) is 0 Å². The zero-order valence-electron chi connectivity index (χ0n) is 12.7. The van der Waals surface area contributed by atoms with Gasteiger partial charge in [0.1, 0.15) is 5.56 Å². The summed E-state index contributed by atoms with van der Waals surface area (Å²) in [5.74, 6) is -0.405. The van der Waals surface area contributed by atoms with Crippen molar-refractivity contribution < 1.29 is 4.79 Å². The summed E-state index contributed by atoms with van der Waals surface area (Å²) in [5.41, 5.74) is -1.06. The van der Waals surface area contributed by atoms with Crippen molar-refractivity contribution in [1.29, 1.82) is 0 Å². The van der Waals surface area contributed by atoms with Crippen LogP contribution in [-0.4, -0.2) is 21.5 Å². The highest BCUT2D eigenvalue weighted by atomic mass is 32.1. The standard InChI is InChI=1S/C16H19N3O3S/c20-14(18-11-5-2-1-3-6-11)13-9-17-16(22)19(15(13)21)10-12-7-4-8-23-12/h4,7-9,11H,1-3,5-6,10H2,(H,17,22)(H,18,20). The first kappa shape index (κ1) is 15.7. The molecular weight excluding hydrogens is 314 g/mol. The van der Waals surface area contributed by atoms with Crippen LogP contribution in [0.1, 0.15) is 47.3 Å². The molecule has 1 aliphatic rings. The number of rotatable bonds is 4. The van der Waals surface area contributed by atoms with E-state index in [1.54, 1.807) is 0 Å². The molecule has 0 atom stereocenters. The molecule has 2 heterocycles. The fourth-order valence-electron chi connectivity index (χ4n) is 2.89. The van der Waals surface area contributed by atoms with Gasteiger partial charge in [-0.1, -0.05) is 25.3 Å². The molecule has 0 radical (unpaired) electrons. The molecule has 1 amide bonds. The zero-order valence-corrected chi connectivity index (χ0v) is 13.5. The second-order valence-electron chi connectivity index (χ2n) is 5.79. The van der Waals surface area contributed by atoms with Crippen molar-refractivity contribution >= 4 is 17.2 Å². The minimum absolute atomic E-state index is 0.00766. The highest BCUT2D eigenvalue weighted by molar-refractivity contribution is 7.09. The second kappa shape index (κ2) is 6.95. The maximum Gasteiger partial charge on any atom is 0.328 e. The van der Waals surface area contributed by atoms with Crippen molar-refractivity contribution in [3.8, 4) is 0 Å². The number of H-pyrrole nitrogens is 1. The average Bonchev–Trinajstić information content (AvgIpc) is 3.05. The number of nitrogens with zero attached hydrogens (tertiary/aromatic N) is 1. The normalized spacial score (nSPS) is 15.5. The lowest BCUT2D eigenvalue weighted by molar-refractivity contribution is 0.0925. The molecule has 122 valence electrons. The third kappa shape index (κ3) is 3.61. The third-order valence-electron chi connectivity index (χ3n) is 4.14. The van der Waals surface area contributed by atoms with E-state index in [1.165, 1.54) is 24.0 Å². The van der Waals surface area contributed by atoms with Crippen molar-refractivity contribution in [3.05, 3.63) is 55.0 Å². The van der Waals surface area contributed by atoms with Crippen molar-refractivity contribution in [3.63, 3.8) is 0 Å². The maximum absolute atomic E-state index is 12.5. The van der Waals surface area contributed by atoms with Crippen LogP contribution in [0.2, 0.25) is 0 Å². The molecule has 2 aromatic rings. The predicted octanol–water partition coefficient (Wildman–Crippen LogP) is 1.71. The molecule has 0 unspecified atom stereocenters. The van der Waals surface area contributed by atoms with Crippen LogP contribution in [0.3, 0.4) is 0 Å². The molecule has 6 nitrogen and oxygen atoms in total. The van der Waals surface area contributed by atoms with Crippen LogP contribution in [0.15, 0.2) is 33.3 Å². The molecule has 3 rings (SSSR count). The van der Waals surface area contributed by atoms with E-state index in [4.69, 9.17) is 0 Å². The first-order chi connectivity index (χ1) is 11.1. The van der Waals surface area contributed by atoms with E-state index in [0.29, 0.717) is 0 Å². The Morgan fingerprint density at radius 1 is 1.30 bits per heavy atom. The van der Waals surface area contributed by atoms with Crippen molar-refractivity contribution in [2.45, 2.75) is 44.7 Å². The third-order valence-corrected chi connectivity index (χ3v) is 5.00. The average molecular weight is 333 g/mol. The molecule has 1 fully saturated rings. The number of aromatic amines is 1. The van der Waals surface area contributed by atoms with E-state index in [9.17, 15) is 14.4 Å². The Morgan fingerprint density at radius 2 is 2.09 bits per heavy atom. The van der Waals surface area contributed by atoms with Crippen LogP contribution in [0.25, 0.3) is 0 Å². The van der Waals surface area contributed by atoms with Crippen molar-refractivity contribution in [2.75, 3.05) is 0 Å². The lowest BCUT2D eigenvalue weighted by Crippen LogP contribution is -2.43. The van der Waals surface area contributed by atoms with Gasteiger partial charge in [-0.3, -0.25) is 14.2 Å². The topological polar surface area (TPSA) is 84.0 Å². The largest absolute Gasteiger partial charge is 0.349 e. The molecule has 2 aromatic heterocycles. The second-order valence-corrected chi connectivity index (χ2v) is 6.82. The molecule has 1 saturated carbocycles. The maximum atomic E-state index is 12.5. The SMILES string of the molecule is O=C(NC1CCCCC1)c1c[nH]c(=O)n(Cc2cccs2)c1=O. The van der Waals surface area contributed by atoms with Crippen LogP contribution < -0.4 is 16.6 Å². The van der Waals surface area contributed by atoms with Crippen molar-refractivity contribution in [1.82, 2.24) is 14.9 Å². The number of hydrogen-bond donors (Lipinski definition) is 2. The Labute approximate surface area is 137 Å². The summed E-state index contributed by atoms with van der Waals surface area (Å²) in [6, 6.07) is 3.83. The summed E-state index contributed by atoms with van der Waals surface area (Å²) in [6.45, 7) is 0.177. The van der Waals surface area contributed by atoms with Gasteiger partial charge >= 0.3 is 5.69 Å². The molecule has 0 bridgehead atoms. The minimum Gasteiger partial charge on any atom is -0.349 e. The number of carbonyl (C=O) groups is 1. The van der Waals surface area contributed by atoms with Gasteiger partial charge < -0.3 is 10.3 Å². The van der Waals surface area contributed by atoms with Gasteiger partial charge in [-0.05, 0) is 24.3 Å². The Balaban J connectivity index is 1.83. The van der Waals surface area contributed by atoms with Crippen LogP contribution in [0.5, 0.6) is 0 Å². The summed E-state index contributed by atoms with van der Waals surface area (Å²) < 4.78 is 1.07. The quantitative estimate of drug-likeness (QED) is 0.893. The van der Waals surface area contributed by atoms with Gasteiger partial charge in [0, 0.05) is 17.1 Å². The van der Waals surface area contributed by atoms with Crippen LogP contribution >= 0.6 is 11.3 Å².